The summed E-state index contributed by atoms with van der Waals surface area (Å²) < 4.78 is 0. The van der Waals surface area contributed by atoms with Crippen molar-refractivity contribution < 1.29 is 19.2 Å². The molecule has 0 spiro atoms. The molecule has 3 aliphatic heterocycles. The van der Waals surface area contributed by atoms with Gasteiger partial charge in [0.25, 0.3) is 11.8 Å². The average molecular weight is 398 g/mol. The number of hydrogen-bond acceptors (Lipinski definition) is 6. The van der Waals surface area contributed by atoms with Gasteiger partial charge >= 0.3 is 0 Å². The van der Waals surface area contributed by atoms with Crippen LogP contribution in [0.15, 0.2) is 18.2 Å². The lowest BCUT2D eigenvalue weighted by Crippen LogP contribution is -2.54. The summed E-state index contributed by atoms with van der Waals surface area (Å²) in [6, 6.07) is 4.76. The van der Waals surface area contributed by atoms with Crippen LogP contribution in [0.3, 0.4) is 0 Å². The molecular formula is C21H26N4O4. The number of amides is 4. The number of rotatable bonds is 4. The minimum absolute atomic E-state index is 0.119. The van der Waals surface area contributed by atoms with E-state index in [9.17, 15) is 19.2 Å². The lowest BCUT2D eigenvalue weighted by atomic mass is 9.93. The van der Waals surface area contributed by atoms with Gasteiger partial charge in [-0.2, -0.15) is 0 Å². The van der Waals surface area contributed by atoms with Crippen molar-refractivity contribution in [3.05, 3.63) is 34.9 Å². The fourth-order valence-corrected chi connectivity index (χ4v) is 4.61. The van der Waals surface area contributed by atoms with Gasteiger partial charge < -0.3 is 5.32 Å². The topological polar surface area (TPSA) is 98.8 Å². The Labute approximate surface area is 169 Å². The van der Waals surface area contributed by atoms with E-state index < -0.39 is 23.8 Å². The SMILES string of the molecule is CN[C@H]1CN(Cc2cccc3c2C(=O)N(C2CCC(=O)NC2=O)C3=O)CC[C@H]1C. The third-order valence-electron chi connectivity index (χ3n) is 6.36. The zero-order valence-corrected chi connectivity index (χ0v) is 16.7. The second kappa shape index (κ2) is 7.68. The monoisotopic (exact) mass is 398 g/mol. The third kappa shape index (κ3) is 3.47. The fraction of sp³-hybridized carbons (Fsp3) is 0.524. The molecule has 0 bridgehead atoms. The Kier molecular flexibility index (Phi) is 5.23. The zero-order valence-electron chi connectivity index (χ0n) is 16.7. The first-order valence-corrected chi connectivity index (χ1v) is 10.1. The largest absolute Gasteiger partial charge is 0.315 e. The van der Waals surface area contributed by atoms with Crippen LogP contribution in [0.5, 0.6) is 0 Å². The molecule has 154 valence electrons. The standard InChI is InChI=1S/C21H26N4O4/c1-12-8-9-24(11-15(12)22-2)10-13-4-3-5-14-18(13)21(29)25(20(14)28)16-6-7-17(26)23-19(16)27/h3-5,12,15-16,22H,6-11H2,1-2H3,(H,23,26,27)/t12-,15+,16?/m1/s1. The molecule has 0 aromatic heterocycles. The molecule has 2 N–H and O–H groups in total. The molecule has 2 saturated heterocycles. The summed E-state index contributed by atoms with van der Waals surface area (Å²) in [5, 5.41) is 5.58. The van der Waals surface area contributed by atoms with Crippen LogP contribution < -0.4 is 10.6 Å². The van der Waals surface area contributed by atoms with Crippen LogP contribution in [0.4, 0.5) is 0 Å². The number of carbonyl (C=O) groups is 4. The Balaban J connectivity index is 1.58. The zero-order chi connectivity index (χ0) is 20.7. The summed E-state index contributed by atoms with van der Waals surface area (Å²) in [5.41, 5.74) is 1.54. The molecule has 1 aromatic rings. The van der Waals surface area contributed by atoms with Crippen LogP contribution in [-0.4, -0.2) is 65.6 Å². The van der Waals surface area contributed by atoms with E-state index in [1.54, 1.807) is 12.1 Å². The van der Waals surface area contributed by atoms with E-state index in [0.717, 1.165) is 30.0 Å². The average Bonchev–Trinajstić information content (AvgIpc) is 2.95. The number of piperidine rings is 2. The Morgan fingerprint density at radius 2 is 1.93 bits per heavy atom. The number of fused-ring (bicyclic) bond motifs is 1. The highest BCUT2D eigenvalue weighted by Crippen LogP contribution is 2.31. The Hall–Kier alpha value is -2.58. The quantitative estimate of drug-likeness (QED) is 0.718. The van der Waals surface area contributed by atoms with Crippen LogP contribution in [0.2, 0.25) is 0 Å². The predicted octanol–water partition coefficient (Wildman–Crippen LogP) is 0.518. The summed E-state index contributed by atoms with van der Waals surface area (Å²) in [7, 11) is 1.96. The summed E-state index contributed by atoms with van der Waals surface area (Å²) in [6.45, 7) is 4.62. The van der Waals surface area contributed by atoms with Crippen LogP contribution in [0.1, 0.15) is 52.5 Å². The van der Waals surface area contributed by atoms with Gasteiger partial charge in [0.1, 0.15) is 6.04 Å². The van der Waals surface area contributed by atoms with E-state index in [1.807, 2.05) is 13.1 Å². The summed E-state index contributed by atoms with van der Waals surface area (Å²) in [5.74, 6) is -1.27. The van der Waals surface area contributed by atoms with Crippen molar-refractivity contribution >= 4 is 23.6 Å². The smallest absolute Gasteiger partial charge is 0.262 e. The number of likely N-dealkylation sites (tertiary alicyclic amines) is 1. The maximum atomic E-state index is 13.2. The molecule has 4 amide bonds. The minimum Gasteiger partial charge on any atom is -0.315 e. The maximum Gasteiger partial charge on any atom is 0.262 e. The fourth-order valence-electron chi connectivity index (χ4n) is 4.61. The van der Waals surface area contributed by atoms with Crippen LogP contribution in [-0.2, 0) is 16.1 Å². The van der Waals surface area contributed by atoms with E-state index in [4.69, 9.17) is 0 Å². The molecule has 3 aliphatic rings. The number of likely N-dealkylation sites (N-methyl/N-ethyl adjacent to an activating group) is 1. The first-order valence-electron chi connectivity index (χ1n) is 10.1. The molecule has 1 aromatic carbocycles. The summed E-state index contributed by atoms with van der Waals surface area (Å²) >= 11 is 0. The Morgan fingerprint density at radius 1 is 1.14 bits per heavy atom. The van der Waals surface area contributed by atoms with Crippen molar-refractivity contribution in [2.24, 2.45) is 5.92 Å². The van der Waals surface area contributed by atoms with Crippen molar-refractivity contribution in [1.29, 1.82) is 0 Å². The third-order valence-corrected chi connectivity index (χ3v) is 6.36. The highest BCUT2D eigenvalue weighted by atomic mass is 16.2. The second-order valence-electron chi connectivity index (χ2n) is 8.18. The molecule has 29 heavy (non-hydrogen) atoms. The lowest BCUT2D eigenvalue weighted by molar-refractivity contribution is -0.136. The number of benzene rings is 1. The first kappa shape index (κ1) is 19.7. The molecule has 4 rings (SSSR count). The van der Waals surface area contributed by atoms with Gasteiger partial charge in [-0.25, -0.2) is 0 Å². The van der Waals surface area contributed by atoms with Crippen molar-refractivity contribution in [2.75, 3.05) is 20.1 Å². The van der Waals surface area contributed by atoms with Gasteiger partial charge in [-0.05, 0) is 44.0 Å². The first-order chi connectivity index (χ1) is 13.9. The molecule has 0 radical (unpaired) electrons. The van der Waals surface area contributed by atoms with E-state index in [2.05, 4.69) is 22.5 Å². The molecule has 3 atom stereocenters. The van der Waals surface area contributed by atoms with Crippen molar-refractivity contribution in [3.63, 3.8) is 0 Å². The maximum absolute atomic E-state index is 13.2. The minimum atomic E-state index is -0.933. The van der Waals surface area contributed by atoms with Crippen LogP contribution >= 0.6 is 0 Å². The van der Waals surface area contributed by atoms with Crippen molar-refractivity contribution in [3.8, 4) is 0 Å². The van der Waals surface area contributed by atoms with Gasteiger partial charge in [0.15, 0.2) is 0 Å². The van der Waals surface area contributed by atoms with E-state index in [-0.39, 0.29) is 18.7 Å². The van der Waals surface area contributed by atoms with Gasteiger partial charge in [-0.3, -0.25) is 34.3 Å². The van der Waals surface area contributed by atoms with Gasteiger partial charge in [0.05, 0.1) is 11.1 Å². The van der Waals surface area contributed by atoms with Gasteiger partial charge in [0.2, 0.25) is 11.8 Å². The van der Waals surface area contributed by atoms with E-state index in [0.29, 0.717) is 29.6 Å². The van der Waals surface area contributed by atoms with E-state index >= 15 is 0 Å². The predicted molar refractivity (Wildman–Crippen MR) is 105 cm³/mol. The van der Waals surface area contributed by atoms with Gasteiger partial charge in [-0.1, -0.05) is 19.1 Å². The number of hydrogen-bond donors (Lipinski definition) is 2. The van der Waals surface area contributed by atoms with Crippen LogP contribution in [0.25, 0.3) is 0 Å². The number of nitrogens with zero attached hydrogens (tertiary/aromatic N) is 2. The van der Waals surface area contributed by atoms with Crippen molar-refractivity contribution in [2.45, 2.75) is 44.8 Å². The summed E-state index contributed by atoms with van der Waals surface area (Å²) in [6.07, 6.45) is 1.35. The number of nitrogens with one attached hydrogen (secondary N) is 2. The van der Waals surface area contributed by atoms with Crippen molar-refractivity contribution in [1.82, 2.24) is 20.4 Å². The Bertz CT molecular complexity index is 883. The van der Waals surface area contributed by atoms with Gasteiger partial charge in [-0.15, -0.1) is 0 Å². The lowest BCUT2D eigenvalue weighted by Gasteiger charge is -2.37. The molecule has 8 heteroatoms. The molecule has 3 heterocycles. The molecule has 8 nitrogen and oxygen atoms in total. The Morgan fingerprint density at radius 3 is 2.66 bits per heavy atom. The number of imide groups is 2. The highest BCUT2D eigenvalue weighted by Gasteiger charge is 2.45. The van der Waals surface area contributed by atoms with Crippen LogP contribution in [0, 0.1) is 5.92 Å². The molecule has 1 unspecified atom stereocenters. The second-order valence-corrected chi connectivity index (χ2v) is 8.18. The van der Waals surface area contributed by atoms with Gasteiger partial charge in [0, 0.05) is 25.6 Å². The highest BCUT2D eigenvalue weighted by molar-refractivity contribution is 6.24. The normalized spacial score (nSPS) is 27.9. The van der Waals surface area contributed by atoms with E-state index in [1.165, 1.54) is 0 Å². The molecule has 0 saturated carbocycles. The molecule has 2 fully saturated rings. The number of carbonyl (C=O) groups excluding carboxylic acids is 4. The summed E-state index contributed by atoms with van der Waals surface area (Å²) in [4.78, 5) is 53.1. The molecular weight excluding hydrogens is 372 g/mol. The molecule has 0 aliphatic carbocycles.